The van der Waals surface area contributed by atoms with Gasteiger partial charge >= 0.3 is 0 Å². The predicted octanol–water partition coefficient (Wildman–Crippen LogP) is 14.9. The number of nitrogens with zero attached hydrogens (tertiary/aromatic N) is 6. The summed E-state index contributed by atoms with van der Waals surface area (Å²) >= 11 is 30.3. The molecular formula is C38H38N6S16. The number of fused-ring (bicyclic) bond motifs is 4. The van der Waals surface area contributed by atoms with Crippen molar-refractivity contribution < 1.29 is 0 Å². The minimum Gasteiger partial charge on any atom is -0.290 e. The van der Waals surface area contributed by atoms with Crippen molar-refractivity contribution in [2.45, 2.75) is 0 Å². The summed E-state index contributed by atoms with van der Waals surface area (Å²) in [4.78, 5) is 28.7. The SMILES string of the molecule is CSC1=C(SC)SC(=C2SC3=C(SCCN=Cc4cccc(n4)C=NCCSC4=C(SCCN=Cc5cccc(n5)C=NCCS3)SC(=C3SC(SC)=C(SC)S3)S4)S2)S1. The van der Waals surface area contributed by atoms with Gasteiger partial charge in [-0.25, -0.2) is 9.97 Å². The van der Waals surface area contributed by atoms with Crippen LogP contribution in [0.15, 0.2) is 107 Å². The quantitative estimate of drug-likeness (QED) is 0.291. The smallest absolute Gasteiger partial charge is 0.0815 e. The van der Waals surface area contributed by atoms with E-state index in [1.165, 1.54) is 50.8 Å². The van der Waals surface area contributed by atoms with Crippen LogP contribution in [-0.4, -0.2) is 109 Å². The lowest BCUT2D eigenvalue weighted by Gasteiger charge is -2.04. The van der Waals surface area contributed by atoms with Gasteiger partial charge < -0.3 is 0 Å². The van der Waals surface area contributed by atoms with Gasteiger partial charge in [-0.2, -0.15) is 0 Å². The first-order valence-corrected chi connectivity index (χ1v) is 33.4. The van der Waals surface area contributed by atoms with Crippen molar-refractivity contribution >= 4 is 213 Å². The largest absolute Gasteiger partial charge is 0.290 e. The third-order valence-electron chi connectivity index (χ3n) is 7.52. The van der Waals surface area contributed by atoms with E-state index in [4.69, 9.17) is 29.9 Å². The Kier molecular flexibility index (Phi) is 21.5. The highest BCUT2D eigenvalue weighted by atomic mass is 32.3. The van der Waals surface area contributed by atoms with Crippen LogP contribution in [0.4, 0.5) is 0 Å². The Bertz CT molecular complexity index is 1920. The van der Waals surface area contributed by atoms with Crippen LogP contribution >= 0.6 is 188 Å². The molecule has 0 fully saturated rings. The van der Waals surface area contributed by atoms with Crippen LogP contribution in [0.2, 0.25) is 0 Å². The third kappa shape index (κ3) is 14.5. The lowest BCUT2D eigenvalue weighted by atomic mass is 10.3. The topological polar surface area (TPSA) is 75.2 Å². The van der Waals surface area contributed by atoms with Gasteiger partial charge in [0.05, 0.1) is 73.6 Å². The molecule has 2 aromatic heterocycles. The van der Waals surface area contributed by atoms with Gasteiger partial charge in [0.15, 0.2) is 0 Å². The van der Waals surface area contributed by atoms with E-state index in [1.54, 1.807) is 0 Å². The second kappa shape index (κ2) is 26.4. The zero-order valence-corrected chi connectivity index (χ0v) is 45.7. The van der Waals surface area contributed by atoms with E-state index in [1.807, 2.05) is 249 Å². The highest BCUT2D eigenvalue weighted by molar-refractivity contribution is 8.46. The molecule has 0 N–H and O–H groups in total. The first kappa shape index (κ1) is 48.9. The molecule has 0 unspecified atom stereocenters. The van der Waals surface area contributed by atoms with Crippen molar-refractivity contribution in [3.05, 3.63) is 110 Å². The highest BCUT2D eigenvalue weighted by Gasteiger charge is 2.31. The Labute approximate surface area is 422 Å². The minimum absolute atomic E-state index is 0.718. The molecule has 22 heteroatoms. The number of pyridine rings is 2. The zero-order valence-electron chi connectivity index (χ0n) is 32.6. The molecule has 7 heterocycles. The second-order valence-electron chi connectivity index (χ2n) is 11.6. The summed E-state index contributed by atoms with van der Waals surface area (Å²) in [6.45, 7) is 2.87. The molecule has 4 bridgehead atoms. The van der Waals surface area contributed by atoms with Gasteiger partial charge in [-0.05, 0) is 49.3 Å². The summed E-state index contributed by atoms with van der Waals surface area (Å²) in [5, 5.41) is 0. The second-order valence-corrected chi connectivity index (χ2v) is 30.5. The van der Waals surface area contributed by atoms with Crippen LogP contribution < -0.4 is 0 Å². The predicted molar refractivity (Wildman–Crippen MR) is 305 cm³/mol. The molecule has 5 aliphatic heterocycles. The molecule has 0 aromatic carbocycles. The average molecular weight is 1090 g/mol. The van der Waals surface area contributed by atoms with Crippen molar-refractivity contribution in [1.82, 2.24) is 9.97 Å². The summed E-state index contributed by atoms with van der Waals surface area (Å²) < 4.78 is 16.6. The maximum atomic E-state index is 4.81. The van der Waals surface area contributed by atoms with Gasteiger partial charge in [0, 0.05) is 74.0 Å². The van der Waals surface area contributed by atoms with Gasteiger partial charge in [0.1, 0.15) is 0 Å². The number of hydrogen-bond acceptors (Lipinski definition) is 22. The molecule has 0 saturated carbocycles. The Hall–Kier alpha value is 1.02. The lowest BCUT2D eigenvalue weighted by molar-refractivity contribution is 1.14. The molecule has 0 radical (unpaired) electrons. The van der Waals surface area contributed by atoms with Crippen molar-refractivity contribution in [3.8, 4) is 0 Å². The van der Waals surface area contributed by atoms with E-state index in [2.05, 4.69) is 25.0 Å². The highest BCUT2D eigenvalue weighted by Crippen LogP contribution is 2.67. The number of rotatable bonds is 4. The van der Waals surface area contributed by atoms with Gasteiger partial charge in [0.2, 0.25) is 0 Å². The van der Waals surface area contributed by atoms with E-state index < -0.39 is 0 Å². The molecule has 0 spiro atoms. The monoisotopic (exact) mass is 1090 g/mol. The molecule has 0 atom stereocenters. The molecule has 0 amide bonds. The number of hydrogen-bond donors (Lipinski definition) is 0. The molecule has 0 aliphatic carbocycles. The molecule has 60 heavy (non-hydrogen) atoms. The minimum atomic E-state index is 0.718. The first-order valence-electron chi connectivity index (χ1n) is 18.0. The summed E-state index contributed by atoms with van der Waals surface area (Å²) in [5.41, 5.74) is 3.42. The molecule has 6 nitrogen and oxygen atoms in total. The number of aromatic nitrogens is 2. The molecule has 5 aliphatic rings. The molecule has 316 valence electrons. The Balaban J connectivity index is 1.03. The number of aliphatic imine (C=N–C) groups is 4. The molecule has 7 rings (SSSR count). The van der Waals surface area contributed by atoms with Gasteiger partial charge in [-0.15, -0.1) is 94.1 Å². The fourth-order valence-corrected chi connectivity index (χ4v) is 26.9. The standard InChI is InChI=1S/C38H38N6S16/c1-45-27-28(46-2)54-35(53-27)37-57-31-32(58-37)50-16-12-40-20-24-8-6-10-26(44-24)22-42-14-18-52-34-33(59-38(60-34)36-55-29(47-3)30(48-4)56-36)51-17-13-41-21-25-9-5-7-23(43-25)19-39-11-15-49-31/h5-10,19-22H,11-18H2,1-4H3. The van der Waals surface area contributed by atoms with Crippen molar-refractivity contribution in [2.75, 3.05) is 74.2 Å². The van der Waals surface area contributed by atoms with E-state index in [0.717, 1.165) is 72.0 Å². The van der Waals surface area contributed by atoms with Crippen LogP contribution in [0.25, 0.3) is 0 Å². The van der Waals surface area contributed by atoms with E-state index in [9.17, 15) is 0 Å². The van der Waals surface area contributed by atoms with Crippen LogP contribution in [0, 0.1) is 0 Å². The van der Waals surface area contributed by atoms with Crippen molar-refractivity contribution in [1.29, 1.82) is 0 Å². The Morgan fingerprint density at radius 1 is 0.350 bits per heavy atom. The summed E-state index contributed by atoms with van der Waals surface area (Å²) in [7, 11) is 0. The maximum Gasteiger partial charge on any atom is 0.0815 e. The fraction of sp³-hybridized carbons (Fsp3) is 0.316. The van der Waals surface area contributed by atoms with Gasteiger partial charge in [0.25, 0.3) is 0 Å². The van der Waals surface area contributed by atoms with Crippen molar-refractivity contribution in [2.24, 2.45) is 20.0 Å². The molecule has 2 aromatic rings. The fourth-order valence-electron chi connectivity index (χ4n) is 4.90. The normalized spacial score (nSPS) is 20.6. The van der Waals surface area contributed by atoms with Crippen LogP contribution in [0.5, 0.6) is 0 Å². The maximum absolute atomic E-state index is 4.81. The Morgan fingerprint density at radius 2 is 0.600 bits per heavy atom. The van der Waals surface area contributed by atoms with E-state index in [0.29, 0.717) is 0 Å². The van der Waals surface area contributed by atoms with Gasteiger partial charge in [-0.3, -0.25) is 20.0 Å². The van der Waals surface area contributed by atoms with Crippen molar-refractivity contribution in [3.63, 3.8) is 0 Å². The van der Waals surface area contributed by atoms with Crippen LogP contribution in [0.1, 0.15) is 22.8 Å². The summed E-state index contributed by atoms with van der Waals surface area (Å²) in [6, 6.07) is 12.1. The zero-order chi connectivity index (χ0) is 41.5. The van der Waals surface area contributed by atoms with Crippen LogP contribution in [0.3, 0.4) is 0 Å². The molecular weight excluding hydrogens is 1050 g/mol. The van der Waals surface area contributed by atoms with E-state index in [-0.39, 0.29) is 0 Å². The molecule has 0 saturated heterocycles. The summed E-state index contributed by atoms with van der Waals surface area (Å²) in [6.07, 6.45) is 16.3. The lowest BCUT2D eigenvalue weighted by Crippen LogP contribution is -1.96. The third-order valence-corrected chi connectivity index (χ3v) is 30.0. The van der Waals surface area contributed by atoms with E-state index >= 15 is 0 Å². The van der Waals surface area contributed by atoms with Crippen LogP contribution in [-0.2, 0) is 0 Å². The number of thioether (sulfide) groups is 16. The average Bonchev–Trinajstić information content (AvgIpc) is 4.08. The van der Waals surface area contributed by atoms with Gasteiger partial charge in [-0.1, -0.05) is 106 Å². The Morgan fingerprint density at radius 3 is 0.850 bits per heavy atom. The first-order chi connectivity index (χ1) is 29.5. The summed E-state index contributed by atoms with van der Waals surface area (Å²) in [5.74, 6) is 3.60.